The maximum atomic E-state index is 12.5. The summed E-state index contributed by atoms with van der Waals surface area (Å²) in [5, 5.41) is 9.43. The fraction of sp³-hybridized carbons (Fsp3) is 0.294. The van der Waals surface area contributed by atoms with Crippen LogP contribution in [-0.4, -0.2) is 54.2 Å². The maximum Gasteiger partial charge on any atom is 1.00 e. The number of carbonyl (C=O) groups is 4. The summed E-state index contributed by atoms with van der Waals surface area (Å²) in [5.74, 6) is -0.313. The molecule has 244 valence electrons. The van der Waals surface area contributed by atoms with Crippen molar-refractivity contribution in [1.29, 1.82) is 0 Å². The molecule has 0 unspecified atom stereocenters. The molecule has 14 heteroatoms. The van der Waals surface area contributed by atoms with Crippen molar-refractivity contribution < 1.29 is 59.3 Å². The first kappa shape index (κ1) is 37.9. The molecule has 4 heterocycles. The van der Waals surface area contributed by atoms with E-state index in [4.69, 9.17) is 5.73 Å². The minimum atomic E-state index is -1.13. The molecule has 3 amide bonds. The third kappa shape index (κ3) is 7.14. The fourth-order valence-electron chi connectivity index (χ4n) is 5.39. The Morgan fingerprint density at radius 3 is 1.44 bits per heavy atom. The SMILES string of the molecule is Cc1ccccc1N1C(=O)Cc2c(C(=O)O)nc(C(C)C)nc21.Cc1ccccc1N1C(=O)Cc2c(C(N)=O)nc(C(C)C)nc21.[Na+].[OH-]. The minimum absolute atomic E-state index is 0. The Bertz CT molecular complexity index is 1780. The van der Waals surface area contributed by atoms with E-state index in [1.807, 2.05) is 90.1 Å². The number of anilines is 4. The normalized spacial score (nSPS) is 13.0. The Morgan fingerprint density at radius 2 is 1.08 bits per heavy atom. The number of nitrogens with zero attached hydrogens (tertiary/aromatic N) is 6. The van der Waals surface area contributed by atoms with Crippen LogP contribution in [0.4, 0.5) is 23.0 Å². The first-order valence-electron chi connectivity index (χ1n) is 14.9. The molecular weight excluding hydrogens is 625 g/mol. The van der Waals surface area contributed by atoms with Gasteiger partial charge >= 0.3 is 35.5 Å². The van der Waals surface area contributed by atoms with Crippen LogP contribution >= 0.6 is 0 Å². The summed E-state index contributed by atoms with van der Waals surface area (Å²) in [6.07, 6.45) is 0.0873. The number of aryl methyl sites for hydroxylation is 2. The predicted octanol–water partition coefficient (Wildman–Crippen LogP) is 1.88. The Morgan fingerprint density at radius 1 is 0.708 bits per heavy atom. The first-order chi connectivity index (χ1) is 21.8. The number of hydrogen-bond acceptors (Lipinski definition) is 9. The number of rotatable bonds is 6. The topological polar surface area (TPSA) is 203 Å². The zero-order chi connectivity index (χ0) is 33.4. The minimum Gasteiger partial charge on any atom is -0.870 e. The van der Waals surface area contributed by atoms with E-state index in [0.29, 0.717) is 34.4 Å². The van der Waals surface area contributed by atoms with E-state index < -0.39 is 11.9 Å². The molecule has 4 N–H and O–H groups in total. The van der Waals surface area contributed by atoms with Crippen molar-refractivity contribution >= 4 is 46.7 Å². The number of aromatic nitrogens is 4. The molecule has 0 atom stereocenters. The van der Waals surface area contributed by atoms with Gasteiger partial charge in [-0.3, -0.25) is 24.2 Å². The van der Waals surface area contributed by atoms with Crippen LogP contribution in [0.1, 0.15) is 94.4 Å². The van der Waals surface area contributed by atoms with Gasteiger partial charge in [0.1, 0.15) is 29.0 Å². The second kappa shape index (κ2) is 15.1. The Kier molecular flexibility index (Phi) is 11.9. The number of carboxylic acids is 1. The quantitative estimate of drug-likeness (QED) is 0.287. The number of benzene rings is 2. The van der Waals surface area contributed by atoms with Gasteiger partial charge in [0.15, 0.2) is 5.69 Å². The van der Waals surface area contributed by atoms with E-state index in [2.05, 4.69) is 19.9 Å². The van der Waals surface area contributed by atoms with Crippen molar-refractivity contribution in [3.05, 3.63) is 93.8 Å². The van der Waals surface area contributed by atoms with Gasteiger partial charge in [0.25, 0.3) is 5.91 Å². The first-order valence-corrected chi connectivity index (χ1v) is 14.9. The second-order valence-electron chi connectivity index (χ2n) is 11.8. The number of carbonyl (C=O) groups excluding carboxylic acids is 3. The van der Waals surface area contributed by atoms with E-state index in [1.54, 1.807) is 4.90 Å². The zero-order valence-corrected chi connectivity index (χ0v) is 30.0. The van der Waals surface area contributed by atoms with E-state index >= 15 is 0 Å². The number of fused-ring (bicyclic) bond motifs is 2. The molecule has 2 aromatic heterocycles. The molecule has 0 radical (unpaired) electrons. The summed E-state index contributed by atoms with van der Waals surface area (Å²) in [4.78, 5) is 68.8. The average molecular weight is 662 g/mol. The summed E-state index contributed by atoms with van der Waals surface area (Å²) in [6, 6.07) is 15.0. The van der Waals surface area contributed by atoms with Gasteiger partial charge < -0.3 is 16.3 Å². The maximum absolute atomic E-state index is 12.5. The van der Waals surface area contributed by atoms with Crippen molar-refractivity contribution in [3.8, 4) is 0 Å². The van der Waals surface area contributed by atoms with Gasteiger partial charge in [-0.05, 0) is 37.1 Å². The molecule has 6 rings (SSSR count). The van der Waals surface area contributed by atoms with Gasteiger partial charge in [0.2, 0.25) is 11.8 Å². The molecule has 2 aromatic carbocycles. The predicted molar refractivity (Wildman–Crippen MR) is 174 cm³/mol. The number of hydrogen-bond donors (Lipinski definition) is 2. The zero-order valence-electron chi connectivity index (χ0n) is 28.0. The van der Waals surface area contributed by atoms with Gasteiger partial charge in [0.05, 0.1) is 24.2 Å². The van der Waals surface area contributed by atoms with Gasteiger partial charge in [-0.15, -0.1) is 0 Å². The van der Waals surface area contributed by atoms with Crippen molar-refractivity contribution in [3.63, 3.8) is 0 Å². The van der Waals surface area contributed by atoms with Crippen LogP contribution in [0.25, 0.3) is 0 Å². The molecule has 2 aliphatic heterocycles. The fourth-order valence-corrected chi connectivity index (χ4v) is 5.39. The van der Waals surface area contributed by atoms with Gasteiger partial charge in [0, 0.05) is 23.0 Å². The number of amides is 3. The van der Waals surface area contributed by atoms with E-state index in [-0.39, 0.29) is 82.9 Å². The number of aromatic carboxylic acids is 1. The van der Waals surface area contributed by atoms with Crippen LogP contribution in [0.5, 0.6) is 0 Å². The summed E-state index contributed by atoms with van der Waals surface area (Å²) in [7, 11) is 0. The number of primary amides is 1. The van der Waals surface area contributed by atoms with Crippen molar-refractivity contribution in [2.75, 3.05) is 9.80 Å². The Balaban J connectivity index is 0.000000250. The number of para-hydroxylation sites is 2. The number of nitrogens with two attached hydrogens (primary N) is 1. The van der Waals surface area contributed by atoms with Crippen LogP contribution in [0, 0.1) is 13.8 Å². The van der Waals surface area contributed by atoms with Crippen molar-refractivity contribution in [2.45, 2.75) is 66.2 Å². The molecule has 0 fully saturated rings. The molecule has 4 aromatic rings. The third-order valence-corrected chi connectivity index (χ3v) is 7.77. The average Bonchev–Trinajstić information content (AvgIpc) is 3.51. The molecule has 13 nitrogen and oxygen atoms in total. The molecule has 0 aliphatic carbocycles. The van der Waals surface area contributed by atoms with Crippen LogP contribution < -0.4 is 45.1 Å². The van der Waals surface area contributed by atoms with Crippen LogP contribution in [0.15, 0.2) is 48.5 Å². The van der Waals surface area contributed by atoms with E-state index in [1.165, 1.54) is 4.90 Å². The Labute approximate surface area is 300 Å². The van der Waals surface area contributed by atoms with Gasteiger partial charge in [-0.1, -0.05) is 64.1 Å². The summed E-state index contributed by atoms with van der Waals surface area (Å²) >= 11 is 0. The largest absolute Gasteiger partial charge is 1.00 e. The molecular formula is C34H36N7NaO6. The summed E-state index contributed by atoms with van der Waals surface area (Å²) < 4.78 is 0. The number of carboxylic acid groups (broad SMARTS) is 1. The van der Waals surface area contributed by atoms with Gasteiger partial charge in [-0.2, -0.15) is 0 Å². The van der Waals surface area contributed by atoms with Crippen LogP contribution in [0.2, 0.25) is 0 Å². The van der Waals surface area contributed by atoms with Crippen molar-refractivity contribution in [2.24, 2.45) is 5.73 Å². The second-order valence-corrected chi connectivity index (χ2v) is 11.8. The smallest absolute Gasteiger partial charge is 0.870 e. The van der Waals surface area contributed by atoms with Gasteiger partial charge in [-0.25, -0.2) is 24.7 Å². The molecule has 0 saturated heterocycles. The van der Waals surface area contributed by atoms with Crippen LogP contribution in [-0.2, 0) is 22.4 Å². The van der Waals surface area contributed by atoms with E-state index in [0.717, 1.165) is 22.5 Å². The monoisotopic (exact) mass is 661 g/mol. The third-order valence-electron chi connectivity index (χ3n) is 7.77. The summed E-state index contributed by atoms with van der Waals surface area (Å²) in [6.45, 7) is 11.5. The van der Waals surface area contributed by atoms with Crippen LogP contribution in [0.3, 0.4) is 0 Å². The summed E-state index contributed by atoms with van der Waals surface area (Å²) in [5.41, 5.74) is 9.78. The molecule has 0 spiro atoms. The molecule has 0 saturated carbocycles. The molecule has 2 aliphatic rings. The standard InChI is InChI=1S/C17H18N4O2.C17H17N3O3.Na.H2O/c1-9(2)16-19-14(15(18)23)11-8-13(22)21(17(11)20-16)12-7-5-4-6-10(12)3;1-9(2)15-18-14(17(22)23)11-8-13(21)20(16(11)19-15)12-7-5-4-6-10(12)3;;/h4-7,9H,8H2,1-3H3,(H2,18,23);4-7,9H,8H2,1-3H3,(H,22,23);;1H2/q;;+1;/p-1. The van der Waals surface area contributed by atoms with E-state index in [9.17, 15) is 24.3 Å². The molecule has 48 heavy (non-hydrogen) atoms. The van der Waals surface area contributed by atoms with Crippen molar-refractivity contribution in [1.82, 2.24) is 19.9 Å². The molecule has 0 bridgehead atoms. The Hall–Kier alpha value is -4.56.